The minimum Gasteiger partial charge on any atom is -0.337 e. The van der Waals surface area contributed by atoms with Crippen molar-refractivity contribution < 1.29 is 4.39 Å². The average molecular weight is 308 g/mol. The topological polar surface area (TPSA) is 79.4 Å². The van der Waals surface area contributed by atoms with Gasteiger partial charge in [0, 0.05) is 29.7 Å². The van der Waals surface area contributed by atoms with Crippen molar-refractivity contribution in [2.45, 2.75) is 13.1 Å². The molecule has 1 unspecified atom stereocenters. The fourth-order valence-electron chi connectivity index (χ4n) is 2.57. The van der Waals surface area contributed by atoms with Crippen molar-refractivity contribution in [3.05, 3.63) is 48.5 Å². The van der Waals surface area contributed by atoms with Crippen LogP contribution in [0.5, 0.6) is 0 Å². The summed E-state index contributed by atoms with van der Waals surface area (Å²) in [4.78, 5) is 12.5. The Hall–Kier alpha value is -3.09. The van der Waals surface area contributed by atoms with Crippen molar-refractivity contribution in [2.75, 3.05) is 5.32 Å². The lowest BCUT2D eigenvalue weighted by atomic mass is 10.1. The van der Waals surface area contributed by atoms with Crippen molar-refractivity contribution in [3.63, 3.8) is 0 Å². The van der Waals surface area contributed by atoms with Gasteiger partial charge in [0.25, 0.3) is 0 Å². The van der Waals surface area contributed by atoms with Gasteiger partial charge in [-0.05, 0) is 30.5 Å². The number of anilines is 2. The zero-order valence-electron chi connectivity index (χ0n) is 12.3. The number of hydrogen-bond acceptors (Lipinski definition) is 5. The van der Waals surface area contributed by atoms with E-state index in [4.69, 9.17) is 0 Å². The second-order valence-corrected chi connectivity index (χ2v) is 5.20. The van der Waals surface area contributed by atoms with Crippen LogP contribution in [-0.2, 0) is 0 Å². The number of aromatic nitrogens is 5. The van der Waals surface area contributed by atoms with E-state index in [-0.39, 0.29) is 0 Å². The standard InChI is InChI=1S/C16H13FN6/c1-9(17)13-12-3-2-11(8-10(12)4-5-18-13)21-16-14-15(22-23-16)20-7-6-19-14/h2-9H,1H3,(H2,20,21,22,23). The van der Waals surface area contributed by atoms with E-state index < -0.39 is 6.17 Å². The van der Waals surface area contributed by atoms with Crippen LogP contribution in [0.2, 0.25) is 0 Å². The number of fused-ring (bicyclic) bond motifs is 2. The average Bonchev–Trinajstić information content (AvgIpc) is 2.97. The molecule has 0 aliphatic rings. The first-order valence-corrected chi connectivity index (χ1v) is 7.17. The molecule has 0 spiro atoms. The molecule has 6 nitrogen and oxygen atoms in total. The molecule has 0 bridgehead atoms. The van der Waals surface area contributed by atoms with E-state index in [1.807, 2.05) is 24.3 Å². The maximum atomic E-state index is 13.6. The summed E-state index contributed by atoms with van der Waals surface area (Å²) in [5.74, 6) is 0.598. The van der Waals surface area contributed by atoms with Crippen LogP contribution in [0.4, 0.5) is 15.9 Å². The highest BCUT2D eigenvalue weighted by Gasteiger charge is 2.11. The van der Waals surface area contributed by atoms with Gasteiger partial charge in [-0.3, -0.25) is 10.1 Å². The number of alkyl halides is 1. The molecule has 0 amide bonds. The second-order valence-electron chi connectivity index (χ2n) is 5.20. The maximum Gasteiger partial charge on any atom is 0.180 e. The number of aromatic amines is 1. The number of benzene rings is 1. The lowest BCUT2D eigenvalue weighted by Crippen LogP contribution is -1.95. The Kier molecular flexibility index (Phi) is 3.11. The predicted octanol–water partition coefficient (Wildman–Crippen LogP) is 3.68. The minimum atomic E-state index is -1.11. The van der Waals surface area contributed by atoms with Crippen LogP contribution in [0.15, 0.2) is 42.9 Å². The number of halogens is 1. The molecule has 1 aromatic carbocycles. The van der Waals surface area contributed by atoms with Crippen LogP contribution in [0.3, 0.4) is 0 Å². The van der Waals surface area contributed by atoms with Gasteiger partial charge < -0.3 is 5.32 Å². The highest BCUT2D eigenvalue weighted by molar-refractivity contribution is 5.90. The summed E-state index contributed by atoms with van der Waals surface area (Å²) in [5, 5.41) is 11.9. The van der Waals surface area contributed by atoms with Gasteiger partial charge in [0.2, 0.25) is 0 Å². The van der Waals surface area contributed by atoms with E-state index in [1.54, 1.807) is 18.6 Å². The Balaban J connectivity index is 1.75. The first-order valence-electron chi connectivity index (χ1n) is 7.17. The van der Waals surface area contributed by atoms with Gasteiger partial charge in [-0.1, -0.05) is 6.07 Å². The normalized spacial score (nSPS) is 12.6. The molecule has 0 radical (unpaired) electrons. The SMILES string of the molecule is CC(F)c1nccc2cc(Nc3n[nH]c4nccnc34)ccc12. The molecule has 0 aliphatic carbocycles. The number of nitrogens with one attached hydrogen (secondary N) is 2. The van der Waals surface area contributed by atoms with Gasteiger partial charge in [0.05, 0.1) is 5.69 Å². The van der Waals surface area contributed by atoms with E-state index in [0.717, 1.165) is 16.5 Å². The fraction of sp³-hybridized carbons (Fsp3) is 0.125. The molecule has 0 saturated carbocycles. The van der Waals surface area contributed by atoms with Crippen molar-refractivity contribution in [1.29, 1.82) is 0 Å². The summed E-state index contributed by atoms with van der Waals surface area (Å²) in [5.41, 5.74) is 2.57. The Bertz CT molecular complexity index is 994. The molecule has 114 valence electrons. The van der Waals surface area contributed by atoms with Crippen LogP contribution in [0.1, 0.15) is 18.8 Å². The van der Waals surface area contributed by atoms with Gasteiger partial charge in [0.15, 0.2) is 17.0 Å². The molecular formula is C16H13FN6. The van der Waals surface area contributed by atoms with Crippen molar-refractivity contribution in [2.24, 2.45) is 0 Å². The summed E-state index contributed by atoms with van der Waals surface area (Å²) in [7, 11) is 0. The van der Waals surface area contributed by atoms with Gasteiger partial charge in [0.1, 0.15) is 6.17 Å². The molecule has 0 aliphatic heterocycles. The monoisotopic (exact) mass is 308 g/mol. The van der Waals surface area contributed by atoms with Crippen molar-refractivity contribution in [3.8, 4) is 0 Å². The van der Waals surface area contributed by atoms with Crippen molar-refractivity contribution in [1.82, 2.24) is 25.1 Å². The van der Waals surface area contributed by atoms with E-state index >= 15 is 0 Å². The summed E-state index contributed by atoms with van der Waals surface area (Å²) in [6.45, 7) is 1.49. The molecule has 4 rings (SSSR count). The molecule has 0 fully saturated rings. The second kappa shape index (κ2) is 5.28. The molecular weight excluding hydrogens is 295 g/mol. The van der Waals surface area contributed by atoms with Gasteiger partial charge >= 0.3 is 0 Å². The number of nitrogens with zero attached hydrogens (tertiary/aromatic N) is 4. The van der Waals surface area contributed by atoms with Crippen LogP contribution < -0.4 is 5.32 Å². The number of H-pyrrole nitrogens is 1. The van der Waals surface area contributed by atoms with Crippen LogP contribution in [0.25, 0.3) is 21.9 Å². The fourth-order valence-corrected chi connectivity index (χ4v) is 2.57. The Morgan fingerprint density at radius 2 is 1.96 bits per heavy atom. The minimum absolute atomic E-state index is 0.449. The predicted molar refractivity (Wildman–Crippen MR) is 86.2 cm³/mol. The van der Waals surface area contributed by atoms with E-state index in [0.29, 0.717) is 22.7 Å². The Morgan fingerprint density at radius 3 is 2.83 bits per heavy atom. The maximum absolute atomic E-state index is 13.6. The molecule has 0 saturated heterocycles. The van der Waals surface area contributed by atoms with Crippen molar-refractivity contribution >= 4 is 33.4 Å². The quantitative estimate of drug-likeness (QED) is 0.603. The van der Waals surface area contributed by atoms with Crippen LogP contribution >= 0.6 is 0 Å². The Labute approximate surface area is 130 Å². The molecule has 2 N–H and O–H groups in total. The van der Waals surface area contributed by atoms with E-state index in [9.17, 15) is 4.39 Å². The summed E-state index contributed by atoms with van der Waals surface area (Å²) >= 11 is 0. The van der Waals surface area contributed by atoms with Crippen LogP contribution in [-0.4, -0.2) is 25.1 Å². The lowest BCUT2D eigenvalue weighted by molar-refractivity contribution is 0.368. The number of pyridine rings is 1. The lowest BCUT2D eigenvalue weighted by Gasteiger charge is -2.09. The third-order valence-corrected chi connectivity index (χ3v) is 3.63. The smallest absolute Gasteiger partial charge is 0.180 e. The summed E-state index contributed by atoms with van der Waals surface area (Å²) < 4.78 is 13.6. The highest BCUT2D eigenvalue weighted by Crippen LogP contribution is 2.28. The first-order chi connectivity index (χ1) is 11.2. The molecule has 3 heterocycles. The first kappa shape index (κ1) is 13.6. The zero-order valence-corrected chi connectivity index (χ0v) is 12.3. The number of rotatable bonds is 3. The van der Waals surface area contributed by atoms with Crippen LogP contribution in [0, 0.1) is 0 Å². The molecule has 7 heteroatoms. The third kappa shape index (κ3) is 2.36. The summed E-state index contributed by atoms with van der Waals surface area (Å²) in [6.07, 6.45) is 3.73. The molecule has 4 aromatic rings. The van der Waals surface area contributed by atoms with E-state index in [1.165, 1.54) is 6.92 Å². The third-order valence-electron chi connectivity index (χ3n) is 3.63. The van der Waals surface area contributed by atoms with Gasteiger partial charge in [-0.25, -0.2) is 14.4 Å². The van der Waals surface area contributed by atoms with Gasteiger partial charge in [-0.2, -0.15) is 5.10 Å². The number of hydrogen-bond donors (Lipinski definition) is 2. The largest absolute Gasteiger partial charge is 0.337 e. The molecule has 23 heavy (non-hydrogen) atoms. The van der Waals surface area contributed by atoms with Gasteiger partial charge in [-0.15, -0.1) is 0 Å². The summed E-state index contributed by atoms with van der Waals surface area (Å²) in [6, 6.07) is 7.51. The Morgan fingerprint density at radius 1 is 1.09 bits per heavy atom. The molecule has 1 atom stereocenters. The van der Waals surface area contributed by atoms with E-state index in [2.05, 4.69) is 30.5 Å². The highest BCUT2D eigenvalue weighted by atomic mass is 19.1. The zero-order chi connectivity index (χ0) is 15.8. The molecule has 3 aromatic heterocycles.